The average molecular weight is 360 g/mol. The maximum absolute atomic E-state index is 5.88. The van der Waals surface area contributed by atoms with Crippen LogP contribution in [0.4, 0.5) is 11.8 Å². The first-order valence-electron chi connectivity index (χ1n) is 7.29. The molecule has 0 aliphatic carbocycles. The topological polar surface area (TPSA) is 84.9 Å². The Morgan fingerprint density at radius 2 is 2.13 bits per heavy atom. The molecule has 0 unspecified atom stereocenters. The molecule has 0 amide bonds. The smallest absolute Gasteiger partial charge is 0.222 e. The number of halogens is 2. The summed E-state index contributed by atoms with van der Waals surface area (Å²) in [6.45, 7) is 4.82. The summed E-state index contributed by atoms with van der Waals surface area (Å²) >= 11 is 0. The van der Waals surface area contributed by atoms with Crippen LogP contribution in [0.2, 0.25) is 0 Å². The molecule has 23 heavy (non-hydrogen) atoms. The summed E-state index contributed by atoms with van der Waals surface area (Å²) in [5.41, 5.74) is 7.67. The lowest BCUT2D eigenvalue weighted by atomic mass is 10.2. The second-order valence-corrected chi connectivity index (χ2v) is 5.27. The summed E-state index contributed by atoms with van der Waals surface area (Å²) in [6, 6.07) is 2.50. The molecule has 3 N–H and O–H groups in total. The number of hydrogen-bond donors (Lipinski definition) is 2. The Morgan fingerprint density at radius 3 is 2.74 bits per heavy atom. The van der Waals surface area contributed by atoms with Gasteiger partial charge in [0.05, 0.1) is 11.9 Å². The molecule has 1 saturated heterocycles. The van der Waals surface area contributed by atoms with Gasteiger partial charge in [0.25, 0.3) is 0 Å². The van der Waals surface area contributed by atoms with Crippen molar-refractivity contribution in [2.24, 2.45) is 0 Å². The van der Waals surface area contributed by atoms with Crippen LogP contribution in [0, 0.1) is 0 Å². The standard InChI is InChI=1S/C14H21N7.2ClH/c1-3-21-8-10(7-17-21)12-6-13(19-14(15)18-12)20-5-4-11(9-20)16-2;;/h6-8,11,16H,3-5,9H2,1-2H3,(H2,15,18,19);2*1H/t11-;;/m1../s1. The van der Waals surface area contributed by atoms with Gasteiger partial charge in [0, 0.05) is 43.5 Å². The van der Waals surface area contributed by atoms with Crippen LogP contribution < -0.4 is 16.0 Å². The van der Waals surface area contributed by atoms with Crippen molar-refractivity contribution in [3.05, 3.63) is 18.5 Å². The van der Waals surface area contributed by atoms with E-state index in [9.17, 15) is 0 Å². The molecule has 1 fully saturated rings. The minimum Gasteiger partial charge on any atom is -0.368 e. The Labute approximate surface area is 148 Å². The number of likely N-dealkylation sites (N-methyl/N-ethyl adjacent to an activating group) is 1. The van der Waals surface area contributed by atoms with Gasteiger partial charge in [-0.2, -0.15) is 10.1 Å². The van der Waals surface area contributed by atoms with Crippen LogP contribution in [0.3, 0.4) is 0 Å². The largest absolute Gasteiger partial charge is 0.368 e. The first-order chi connectivity index (χ1) is 10.2. The Bertz CT molecular complexity index is 631. The van der Waals surface area contributed by atoms with Crippen molar-refractivity contribution < 1.29 is 0 Å². The van der Waals surface area contributed by atoms with E-state index in [0.717, 1.165) is 43.1 Å². The zero-order valence-corrected chi connectivity index (χ0v) is 14.9. The molecule has 128 valence electrons. The Kier molecular flexibility index (Phi) is 7.05. The second kappa shape index (κ2) is 8.33. The van der Waals surface area contributed by atoms with Gasteiger partial charge >= 0.3 is 0 Å². The van der Waals surface area contributed by atoms with E-state index < -0.39 is 0 Å². The highest BCUT2D eigenvalue weighted by Crippen LogP contribution is 2.24. The fourth-order valence-corrected chi connectivity index (χ4v) is 2.64. The Balaban J connectivity index is 0.00000132. The molecule has 2 aromatic rings. The van der Waals surface area contributed by atoms with Gasteiger partial charge in [-0.3, -0.25) is 4.68 Å². The highest BCUT2D eigenvalue weighted by molar-refractivity contribution is 5.85. The fourth-order valence-electron chi connectivity index (χ4n) is 2.64. The van der Waals surface area contributed by atoms with Crippen molar-refractivity contribution in [2.45, 2.75) is 25.9 Å². The number of anilines is 2. The molecule has 0 bridgehead atoms. The minimum absolute atomic E-state index is 0. The summed E-state index contributed by atoms with van der Waals surface area (Å²) < 4.78 is 1.88. The van der Waals surface area contributed by atoms with E-state index in [1.54, 1.807) is 0 Å². The Morgan fingerprint density at radius 1 is 1.35 bits per heavy atom. The number of nitrogens with two attached hydrogens (primary N) is 1. The van der Waals surface area contributed by atoms with Crippen molar-refractivity contribution in [1.82, 2.24) is 25.1 Å². The normalized spacial score (nSPS) is 16.8. The van der Waals surface area contributed by atoms with E-state index in [-0.39, 0.29) is 24.8 Å². The Hall–Kier alpha value is -1.57. The quantitative estimate of drug-likeness (QED) is 0.861. The second-order valence-electron chi connectivity index (χ2n) is 5.27. The summed E-state index contributed by atoms with van der Waals surface area (Å²) in [5, 5.41) is 7.59. The average Bonchev–Trinajstić information content (AvgIpc) is 3.15. The molecule has 1 aliphatic heterocycles. The van der Waals surface area contributed by atoms with Gasteiger partial charge in [-0.25, -0.2) is 4.98 Å². The molecule has 3 rings (SSSR count). The molecule has 3 heterocycles. The van der Waals surface area contributed by atoms with Crippen LogP contribution in [0.5, 0.6) is 0 Å². The number of rotatable bonds is 4. The molecule has 0 spiro atoms. The summed E-state index contributed by atoms with van der Waals surface area (Å²) in [4.78, 5) is 11.0. The summed E-state index contributed by atoms with van der Waals surface area (Å²) in [6.07, 6.45) is 4.91. The van der Waals surface area contributed by atoms with Crippen molar-refractivity contribution in [1.29, 1.82) is 0 Å². The minimum atomic E-state index is 0. The number of aromatic nitrogens is 4. The SMILES string of the molecule is CCn1cc(-c2cc(N3CC[C@@H](NC)C3)nc(N)n2)cn1.Cl.Cl. The van der Waals surface area contributed by atoms with Crippen LogP contribution in [-0.2, 0) is 6.54 Å². The molecule has 0 aromatic carbocycles. The molecule has 1 aliphatic rings. The van der Waals surface area contributed by atoms with Crippen LogP contribution in [0.25, 0.3) is 11.3 Å². The maximum atomic E-state index is 5.88. The van der Waals surface area contributed by atoms with Gasteiger partial charge in [0.2, 0.25) is 5.95 Å². The number of nitrogens with one attached hydrogen (secondary N) is 1. The lowest BCUT2D eigenvalue weighted by Gasteiger charge is -2.18. The molecular weight excluding hydrogens is 337 g/mol. The van der Waals surface area contributed by atoms with Crippen LogP contribution >= 0.6 is 24.8 Å². The van der Waals surface area contributed by atoms with E-state index in [1.165, 1.54) is 0 Å². The predicted molar refractivity (Wildman–Crippen MR) is 97.5 cm³/mol. The zero-order valence-electron chi connectivity index (χ0n) is 13.3. The van der Waals surface area contributed by atoms with E-state index in [4.69, 9.17) is 5.73 Å². The van der Waals surface area contributed by atoms with Gasteiger partial charge < -0.3 is 16.0 Å². The van der Waals surface area contributed by atoms with E-state index >= 15 is 0 Å². The van der Waals surface area contributed by atoms with Crippen molar-refractivity contribution >= 4 is 36.6 Å². The predicted octanol–water partition coefficient (Wildman–Crippen LogP) is 1.58. The third-order valence-electron chi connectivity index (χ3n) is 3.90. The molecule has 0 saturated carbocycles. The van der Waals surface area contributed by atoms with Crippen molar-refractivity contribution in [3.8, 4) is 11.3 Å². The van der Waals surface area contributed by atoms with Gasteiger partial charge in [-0.15, -0.1) is 24.8 Å². The number of nitrogen functional groups attached to an aromatic ring is 1. The van der Waals surface area contributed by atoms with Gasteiger partial charge in [0.15, 0.2) is 0 Å². The first kappa shape index (κ1) is 19.5. The van der Waals surface area contributed by atoms with Crippen molar-refractivity contribution in [3.63, 3.8) is 0 Å². The van der Waals surface area contributed by atoms with E-state index in [0.29, 0.717) is 12.0 Å². The molecule has 2 aromatic heterocycles. The number of nitrogens with zero attached hydrogens (tertiary/aromatic N) is 5. The molecular formula is C14H23Cl2N7. The number of aryl methyl sites for hydroxylation is 1. The van der Waals surface area contributed by atoms with Crippen LogP contribution in [0.15, 0.2) is 18.5 Å². The molecule has 1 atom stereocenters. The fraction of sp³-hybridized carbons (Fsp3) is 0.500. The molecule has 7 nitrogen and oxygen atoms in total. The highest BCUT2D eigenvalue weighted by Gasteiger charge is 2.23. The number of hydrogen-bond acceptors (Lipinski definition) is 6. The summed E-state index contributed by atoms with van der Waals surface area (Å²) in [5.74, 6) is 1.19. The van der Waals surface area contributed by atoms with Crippen LogP contribution in [0.1, 0.15) is 13.3 Å². The van der Waals surface area contributed by atoms with Crippen molar-refractivity contribution in [2.75, 3.05) is 30.8 Å². The third-order valence-corrected chi connectivity index (χ3v) is 3.90. The lowest BCUT2D eigenvalue weighted by molar-refractivity contribution is 0.616. The molecule has 9 heteroatoms. The first-order valence-corrected chi connectivity index (χ1v) is 7.29. The highest BCUT2D eigenvalue weighted by atomic mass is 35.5. The third kappa shape index (κ3) is 4.25. The van der Waals surface area contributed by atoms with Gasteiger partial charge in [0.1, 0.15) is 5.82 Å². The van der Waals surface area contributed by atoms with E-state index in [1.807, 2.05) is 30.2 Å². The maximum Gasteiger partial charge on any atom is 0.222 e. The lowest BCUT2D eigenvalue weighted by Crippen LogP contribution is -2.30. The molecule has 0 radical (unpaired) electrons. The van der Waals surface area contributed by atoms with Gasteiger partial charge in [-0.05, 0) is 20.4 Å². The zero-order chi connectivity index (χ0) is 14.8. The van der Waals surface area contributed by atoms with Gasteiger partial charge in [-0.1, -0.05) is 0 Å². The summed E-state index contributed by atoms with van der Waals surface area (Å²) in [7, 11) is 1.99. The van der Waals surface area contributed by atoms with Crippen LogP contribution in [-0.4, -0.2) is 45.9 Å². The monoisotopic (exact) mass is 359 g/mol. The van der Waals surface area contributed by atoms with E-state index in [2.05, 4.69) is 32.2 Å².